The lowest BCUT2D eigenvalue weighted by atomic mass is 10.1. The fourth-order valence-electron chi connectivity index (χ4n) is 3.02. The topological polar surface area (TPSA) is 66.1 Å². The SMILES string of the molecule is Cc1cc(=O)[nH]c(C2CCCN2C(=O)Cc2ccccc2F)n1. The zero-order chi connectivity index (χ0) is 16.4. The summed E-state index contributed by atoms with van der Waals surface area (Å²) in [5.74, 6) is -0.0187. The van der Waals surface area contributed by atoms with Gasteiger partial charge < -0.3 is 9.88 Å². The quantitative estimate of drug-likeness (QED) is 0.943. The standard InChI is InChI=1S/C17H18FN3O2/c1-11-9-15(22)20-17(19-11)14-7-4-8-21(14)16(23)10-12-5-2-3-6-13(12)18/h2-3,5-6,9,14H,4,7-8,10H2,1H3,(H,19,20,22). The van der Waals surface area contributed by atoms with Gasteiger partial charge in [0.2, 0.25) is 5.91 Å². The summed E-state index contributed by atoms with van der Waals surface area (Å²) in [5, 5.41) is 0. The molecule has 0 saturated carbocycles. The van der Waals surface area contributed by atoms with E-state index in [2.05, 4.69) is 9.97 Å². The summed E-state index contributed by atoms with van der Waals surface area (Å²) in [6.07, 6.45) is 1.60. The van der Waals surface area contributed by atoms with Crippen molar-refractivity contribution in [1.29, 1.82) is 0 Å². The molecule has 6 heteroatoms. The third kappa shape index (κ3) is 3.31. The van der Waals surface area contributed by atoms with Crippen molar-refractivity contribution in [3.63, 3.8) is 0 Å². The number of hydrogen-bond donors (Lipinski definition) is 1. The molecule has 1 atom stereocenters. The van der Waals surface area contributed by atoms with Gasteiger partial charge in [-0.25, -0.2) is 9.37 Å². The second kappa shape index (κ2) is 6.32. The monoisotopic (exact) mass is 315 g/mol. The van der Waals surface area contributed by atoms with Gasteiger partial charge in [0.1, 0.15) is 11.6 Å². The van der Waals surface area contributed by atoms with Crippen LogP contribution in [-0.4, -0.2) is 27.3 Å². The van der Waals surface area contributed by atoms with Gasteiger partial charge in [-0.3, -0.25) is 9.59 Å². The average Bonchev–Trinajstić information content (AvgIpc) is 2.98. The number of aromatic nitrogens is 2. The van der Waals surface area contributed by atoms with Gasteiger partial charge in [-0.05, 0) is 31.4 Å². The van der Waals surface area contributed by atoms with Gasteiger partial charge in [0.05, 0.1) is 12.5 Å². The normalized spacial score (nSPS) is 17.5. The molecule has 5 nitrogen and oxygen atoms in total. The number of hydrogen-bond acceptors (Lipinski definition) is 3. The molecule has 1 unspecified atom stereocenters. The molecule has 0 spiro atoms. The molecule has 120 valence electrons. The van der Waals surface area contributed by atoms with E-state index in [1.165, 1.54) is 12.1 Å². The number of H-pyrrole nitrogens is 1. The molecular formula is C17H18FN3O2. The molecule has 2 heterocycles. The lowest BCUT2D eigenvalue weighted by Gasteiger charge is -2.24. The molecule has 0 aliphatic carbocycles. The maximum absolute atomic E-state index is 13.7. The van der Waals surface area contributed by atoms with Gasteiger partial charge >= 0.3 is 0 Å². The van der Waals surface area contributed by atoms with Crippen LogP contribution in [0.3, 0.4) is 0 Å². The first-order valence-corrected chi connectivity index (χ1v) is 7.65. The number of halogens is 1. The minimum atomic E-state index is -0.376. The Morgan fingerprint density at radius 1 is 1.43 bits per heavy atom. The molecule has 0 bridgehead atoms. The molecule has 1 aliphatic rings. The molecule has 1 aliphatic heterocycles. The van der Waals surface area contributed by atoms with Crippen LogP contribution in [0.15, 0.2) is 35.1 Å². The summed E-state index contributed by atoms with van der Waals surface area (Å²) in [4.78, 5) is 32.9. The van der Waals surface area contributed by atoms with E-state index in [0.717, 1.165) is 12.8 Å². The van der Waals surface area contributed by atoms with Crippen molar-refractivity contribution in [2.24, 2.45) is 0 Å². The van der Waals surface area contributed by atoms with Crippen LogP contribution >= 0.6 is 0 Å². The Kier molecular flexibility index (Phi) is 4.23. The molecular weight excluding hydrogens is 297 g/mol. The minimum Gasteiger partial charge on any atom is -0.332 e. The van der Waals surface area contributed by atoms with E-state index in [0.29, 0.717) is 23.6 Å². The zero-order valence-corrected chi connectivity index (χ0v) is 12.9. The van der Waals surface area contributed by atoms with Crippen LogP contribution in [0, 0.1) is 12.7 Å². The van der Waals surface area contributed by atoms with Crippen molar-refractivity contribution < 1.29 is 9.18 Å². The van der Waals surface area contributed by atoms with E-state index in [-0.39, 0.29) is 29.7 Å². The molecule has 23 heavy (non-hydrogen) atoms. The lowest BCUT2D eigenvalue weighted by molar-refractivity contribution is -0.131. The van der Waals surface area contributed by atoms with Gasteiger partial charge in [-0.1, -0.05) is 18.2 Å². The van der Waals surface area contributed by atoms with Crippen LogP contribution in [0.5, 0.6) is 0 Å². The fraction of sp³-hybridized carbons (Fsp3) is 0.353. The van der Waals surface area contributed by atoms with Crippen LogP contribution in [0.2, 0.25) is 0 Å². The highest BCUT2D eigenvalue weighted by Gasteiger charge is 2.31. The first-order valence-electron chi connectivity index (χ1n) is 7.65. The Labute approximate surface area is 133 Å². The van der Waals surface area contributed by atoms with E-state index >= 15 is 0 Å². The molecule has 1 amide bonds. The van der Waals surface area contributed by atoms with Crippen LogP contribution in [0.25, 0.3) is 0 Å². The van der Waals surface area contributed by atoms with Crippen molar-refractivity contribution in [3.05, 3.63) is 63.6 Å². The van der Waals surface area contributed by atoms with E-state index in [4.69, 9.17) is 0 Å². The van der Waals surface area contributed by atoms with E-state index < -0.39 is 0 Å². The maximum Gasteiger partial charge on any atom is 0.251 e. The molecule has 1 fully saturated rings. The van der Waals surface area contributed by atoms with Crippen molar-refractivity contribution in [3.8, 4) is 0 Å². The van der Waals surface area contributed by atoms with Crippen LogP contribution in [0.1, 0.15) is 36.0 Å². The highest BCUT2D eigenvalue weighted by Crippen LogP contribution is 2.30. The highest BCUT2D eigenvalue weighted by atomic mass is 19.1. The van der Waals surface area contributed by atoms with Crippen molar-refractivity contribution in [2.75, 3.05) is 6.54 Å². The number of benzene rings is 1. The van der Waals surface area contributed by atoms with E-state index in [9.17, 15) is 14.0 Å². The highest BCUT2D eigenvalue weighted by molar-refractivity contribution is 5.79. The average molecular weight is 315 g/mol. The summed E-state index contributed by atoms with van der Waals surface area (Å²) in [6, 6.07) is 7.45. The van der Waals surface area contributed by atoms with E-state index in [1.54, 1.807) is 30.0 Å². The van der Waals surface area contributed by atoms with E-state index in [1.807, 2.05) is 0 Å². The van der Waals surface area contributed by atoms with Gasteiger partial charge in [-0.15, -0.1) is 0 Å². The smallest absolute Gasteiger partial charge is 0.251 e. The number of aryl methyl sites for hydroxylation is 1. The number of rotatable bonds is 3. The predicted octanol–water partition coefficient (Wildman–Crippen LogP) is 2.12. The summed E-state index contributed by atoms with van der Waals surface area (Å²) in [6.45, 7) is 2.34. The Morgan fingerprint density at radius 2 is 2.22 bits per heavy atom. The Morgan fingerprint density at radius 3 is 2.96 bits per heavy atom. The second-order valence-corrected chi connectivity index (χ2v) is 5.79. The van der Waals surface area contributed by atoms with Crippen LogP contribution < -0.4 is 5.56 Å². The molecule has 2 aromatic rings. The van der Waals surface area contributed by atoms with Gasteiger partial charge in [0.25, 0.3) is 5.56 Å². The number of nitrogens with zero attached hydrogens (tertiary/aromatic N) is 2. The number of carbonyl (C=O) groups is 1. The summed E-state index contributed by atoms with van der Waals surface area (Å²) >= 11 is 0. The molecule has 1 N–H and O–H groups in total. The predicted molar refractivity (Wildman–Crippen MR) is 83.4 cm³/mol. The first kappa shape index (κ1) is 15.4. The third-order valence-electron chi connectivity index (χ3n) is 4.08. The fourth-order valence-corrected chi connectivity index (χ4v) is 3.02. The van der Waals surface area contributed by atoms with Gasteiger partial charge in [-0.2, -0.15) is 0 Å². The first-order chi connectivity index (χ1) is 11.0. The van der Waals surface area contributed by atoms with Crippen LogP contribution in [-0.2, 0) is 11.2 Å². The molecule has 1 aromatic carbocycles. The van der Waals surface area contributed by atoms with Gasteiger partial charge in [0.15, 0.2) is 0 Å². The minimum absolute atomic E-state index is 0.0131. The summed E-state index contributed by atoms with van der Waals surface area (Å²) < 4.78 is 13.7. The van der Waals surface area contributed by atoms with Gasteiger partial charge in [0, 0.05) is 18.3 Å². The Balaban J connectivity index is 1.82. The van der Waals surface area contributed by atoms with Crippen molar-refractivity contribution >= 4 is 5.91 Å². The number of likely N-dealkylation sites (tertiary alicyclic amines) is 1. The zero-order valence-electron chi connectivity index (χ0n) is 12.9. The number of amides is 1. The summed E-state index contributed by atoms with van der Waals surface area (Å²) in [5.41, 5.74) is 0.784. The van der Waals surface area contributed by atoms with Crippen molar-refractivity contribution in [2.45, 2.75) is 32.2 Å². The van der Waals surface area contributed by atoms with Crippen LogP contribution in [0.4, 0.5) is 4.39 Å². The molecule has 0 radical (unpaired) electrons. The second-order valence-electron chi connectivity index (χ2n) is 5.79. The molecule has 1 aromatic heterocycles. The number of aromatic amines is 1. The van der Waals surface area contributed by atoms with Crippen molar-refractivity contribution in [1.82, 2.24) is 14.9 Å². The number of nitrogens with one attached hydrogen (secondary N) is 1. The summed E-state index contributed by atoms with van der Waals surface area (Å²) in [7, 11) is 0. The maximum atomic E-state index is 13.7. The largest absolute Gasteiger partial charge is 0.332 e. The number of carbonyl (C=O) groups excluding carboxylic acids is 1. The Hall–Kier alpha value is -2.50. The third-order valence-corrected chi connectivity index (χ3v) is 4.08. The molecule has 3 rings (SSSR count). The molecule has 1 saturated heterocycles. The lowest BCUT2D eigenvalue weighted by Crippen LogP contribution is -2.33. The Bertz CT molecular complexity index is 787.